The molecule has 0 bridgehead atoms. The lowest BCUT2D eigenvalue weighted by Crippen LogP contribution is -2.20. The minimum Gasteiger partial charge on any atom is -0.481 e. The monoisotopic (exact) mass is 285 g/mol. The van der Waals surface area contributed by atoms with E-state index in [1.807, 2.05) is 0 Å². The normalized spacial score (nSPS) is 11.8. The van der Waals surface area contributed by atoms with Gasteiger partial charge in [0.25, 0.3) is 5.69 Å². The number of aliphatic carboxylic acids is 2. The van der Waals surface area contributed by atoms with Gasteiger partial charge in [0.1, 0.15) is 5.25 Å². The summed E-state index contributed by atoms with van der Waals surface area (Å²) in [6.07, 6.45) is -0.606. The molecule has 0 saturated carbocycles. The van der Waals surface area contributed by atoms with Crippen molar-refractivity contribution in [1.29, 1.82) is 0 Å². The highest BCUT2D eigenvalue weighted by atomic mass is 32.2. The fourth-order valence-electron chi connectivity index (χ4n) is 1.36. The molecule has 102 valence electrons. The number of carboxylic acids is 2. The zero-order valence-corrected chi connectivity index (χ0v) is 10.7. The van der Waals surface area contributed by atoms with Gasteiger partial charge in [0.05, 0.1) is 16.2 Å². The molecule has 8 heteroatoms. The first-order chi connectivity index (χ1) is 8.81. The van der Waals surface area contributed by atoms with Crippen molar-refractivity contribution >= 4 is 29.4 Å². The minimum atomic E-state index is -1.32. The van der Waals surface area contributed by atoms with Crippen molar-refractivity contribution in [1.82, 2.24) is 0 Å². The number of hydrogen-bond donors (Lipinski definition) is 2. The van der Waals surface area contributed by atoms with Crippen LogP contribution in [0.2, 0.25) is 0 Å². The van der Waals surface area contributed by atoms with Crippen LogP contribution in [0.5, 0.6) is 0 Å². The number of aryl methyl sites for hydroxylation is 1. The predicted molar refractivity (Wildman–Crippen MR) is 67.4 cm³/mol. The Morgan fingerprint density at radius 2 is 2.05 bits per heavy atom. The number of benzene rings is 1. The fraction of sp³-hybridized carbons (Fsp3) is 0.273. The van der Waals surface area contributed by atoms with Crippen LogP contribution >= 0.6 is 11.8 Å². The average Bonchev–Trinajstić information content (AvgIpc) is 2.29. The molecule has 1 atom stereocenters. The van der Waals surface area contributed by atoms with E-state index in [0.717, 1.165) is 0 Å². The Bertz CT molecular complexity index is 530. The smallest absolute Gasteiger partial charge is 0.317 e. The molecule has 7 nitrogen and oxygen atoms in total. The quantitative estimate of drug-likeness (QED) is 0.465. The second-order valence-electron chi connectivity index (χ2n) is 3.77. The summed E-state index contributed by atoms with van der Waals surface area (Å²) in [6.45, 7) is 1.67. The van der Waals surface area contributed by atoms with Crippen LogP contribution in [0, 0.1) is 17.0 Å². The zero-order valence-electron chi connectivity index (χ0n) is 9.90. The Balaban J connectivity index is 3.05. The van der Waals surface area contributed by atoms with Gasteiger partial charge in [0.2, 0.25) is 0 Å². The molecule has 1 unspecified atom stereocenters. The maximum atomic E-state index is 10.9. The molecule has 2 N–H and O–H groups in total. The fourth-order valence-corrected chi connectivity index (χ4v) is 2.40. The van der Waals surface area contributed by atoms with Crippen molar-refractivity contribution < 1.29 is 24.7 Å². The largest absolute Gasteiger partial charge is 0.481 e. The van der Waals surface area contributed by atoms with Crippen LogP contribution in [-0.2, 0) is 9.59 Å². The average molecular weight is 285 g/mol. The summed E-state index contributed by atoms with van der Waals surface area (Å²) >= 11 is 0.667. The maximum Gasteiger partial charge on any atom is 0.317 e. The summed E-state index contributed by atoms with van der Waals surface area (Å²) in [4.78, 5) is 31.9. The van der Waals surface area contributed by atoms with E-state index in [0.29, 0.717) is 17.3 Å². The second kappa shape index (κ2) is 6.19. The molecule has 0 radical (unpaired) electrons. The first kappa shape index (κ1) is 15.0. The summed E-state index contributed by atoms with van der Waals surface area (Å²) < 4.78 is 0. The highest BCUT2D eigenvalue weighted by Gasteiger charge is 2.26. The van der Waals surface area contributed by atoms with E-state index in [1.165, 1.54) is 12.1 Å². The summed E-state index contributed by atoms with van der Waals surface area (Å²) in [6, 6.07) is 4.35. The van der Waals surface area contributed by atoms with Gasteiger partial charge >= 0.3 is 11.9 Å². The van der Waals surface area contributed by atoms with Crippen molar-refractivity contribution in [3.8, 4) is 0 Å². The first-order valence-electron chi connectivity index (χ1n) is 5.17. The lowest BCUT2D eigenvalue weighted by Gasteiger charge is -2.10. The number of carboxylic acid groups (broad SMARTS) is 2. The maximum absolute atomic E-state index is 10.9. The number of nitro benzene ring substituents is 1. The molecule has 1 aromatic rings. The van der Waals surface area contributed by atoms with E-state index in [9.17, 15) is 19.7 Å². The van der Waals surface area contributed by atoms with Crippen molar-refractivity contribution in [2.45, 2.75) is 23.5 Å². The van der Waals surface area contributed by atoms with Gasteiger partial charge in [-0.1, -0.05) is 6.07 Å². The van der Waals surface area contributed by atoms with Gasteiger partial charge in [-0.05, 0) is 18.6 Å². The van der Waals surface area contributed by atoms with E-state index in [-0.39, 0.29) is 10.6 Å². The number of hydrogen-bond acceptors (Lipinski definition) is 5. The zero-order chi connectivity index (χ0) is 14.6. The lowest BCUT2D eigenvalue weighted by molar-refractivity contribution is -0.387. The van der Waals surface area contributed by atoms with E-state index >= 15 is 0 Å². The predicted octanol–water partition coefficient (Wildman–Crippen LogP) is 1.92. The van der Waals surface area contributed by atoms with Crippen molar-refractivity contribution in [2.75, 3.05) is 0 Å². The van der Waals surface area contributed by atoms with E-state index in [1.54, 1.807) is 13.0 Å². The SMILES string of the molecule is Cc1ccc(SC(CC(=O)O)C(=O)O)c([N+](=O)[O-])c1. The second-order valence-corrected chi connectivity index (χ2v) is 5.02. The van der Waals surface area contributed by atoms with Crippen LogP contribution < -0.4 is 0 Å². The summed E-state index contributed by atoms with van der Waals surface area (Å²) in [5, 5.41) is 27.1. The van der Waals surface area contributed by atoms with Crippen LogP contribution in [-0.4, -0.2) is 32.3 Å². The molecule has 0 fully saturated rings. The van der Waals surface area contributed by atoms with E-state index < -0.39 is 28.5 Å². The molecule has 0 aliphatic rings. The Kier molecular flexibility index (Phi) is 4.87. The van der Waals surface area contributed by atoms with Crippen molar-refractivity contribution in [2.24, 2.45) is 0 Å². The van der Waals surface area contributed by atoms with Crippen LogP contribution in [0.3, 0.4) is 0 Å². The van der Waals surface area contributed by atoms with Gasteiger partial charge < -0.3 is 10.2 Å². The Morgan fingerprint density at radius 1 is 1.42 bits per heavy atom. The molecular weight excluding hydrogens is 274 g/mol. The molecule has 1 rings (SSSR count). The molecule has 19 heavy (non-hydrogen) atoms. The number of carbonyl (C=O) groups is 2. The third kappa shape index (κ3) is 4.25. The van der Waals surface area contributed by atoms with Crippen LogP contribution in [0.25, 0.3) is 0 Å². The molecule has 0 saturated heterocycles. The topological polar surface area (TPSA) is 118 Å². The van der Waals surface area contributed by atoms with Crippen LogP contribution in [0.15, 0.2) is 23.1 Å². The molecule has 0 aromatic heterocycles. The van der Waals surface area contributed by atoms with Gasteiger partial charge in [-0.3, -0.25) is 19.7 Å². The van der Waals surface area contributed by atoms with Crippen LogP contribution in [0.4, 0.5) is 5.69 Å². The van der Waals surface area contributed by atoms with Gasteiger partial charge in [-0.2, -0.15) is 0 Å². The highest BCUT2D eigenvalue weighted by Crippen LogP contribution is 2.34. The third-order valence-electron chi connectivity index (χ3n) is 2.22. The van der Waals surface area contributed by atoms with Gasteiger partial charge in [-0.15, -0.1) is 11.8 Å². The molecule has 0 amide bonds. The summed E-state index contributed by atoms with van der Waals surface area (Å²) in [7, 11) is 0. The molecule has 1 aromatic carbocycles. The van der Waals surface area contributed by atoms with E-state index in [4.69, 9.17) is 10.2 Å². The summed E-state index contributed by atoms with van der Waals surface area (Å²) in [5.74, 6) is -2.59. The molecule has 0 aliphatic heterocycles. The highest BCUT2D eigenvalue weighted by molar-refractivity contribution is 8.00. The summed E-state index contributed by atoms with van der Waals surface area (Å²) in [5.41, 5.74) is 0.447. The Morgan fingerprint density at radius 3 is 2.53 bits per heavy atom. The molecule has 0 heterocycles. The third-order valence-corrected chi connectivity index (χ3v) is 3.47. The first-order valence-corrected chi connectivity index (χ1v) is 6.05. The van der Waals surface area contributed by atoms with Gasteiger partial charge in [-0.25, -0.2) is 0 Å². The molecule has 0 spiro atoms. The number of thioether (sulfide) groups is 1. The minimum absolute atomic E-state index is 0.143. The number of rotatable bonds is 6. The molecular formula is C11H11NO6S. The van der Waals surface area contributed by atoms with Crippen LogP contribution in [0.1, 0.15) is 12.0 Å². The van der Waals surface area contributed by atoms with Crippen molar-refractivity contribution in [3.63, 3.8) is 0 Å². The van der Waals surface area contributed by atoms with Gasteiger partial charge in [0, 0.05) is 6.07 Å². The van der Waals surface area contributed by atoms with Gasteiger partial charge in [0.15, 0.2) is 0 Å². The Hall–Kier alpha value is -2.09. The molecule has 0 aliphatic carbocycles. The van der Waals surface area contributed by atoms with E-state index in [2.05, 4.69) is 0 Å². The Labute approximate surface area is 112 Å². The lowest BCUT2D eigenvalue weighted by atomic mass is 10.2. The number of nitro groups is 1. The number of nitrogens with zero attached hydrogens (tertiary/aromatic N) is 1. The standard InChI is InChI=1S/C11H11NO6S/c1-6-2-3-8(7(4-6)12(17)18)19-9(11(15)16)5-10(13)14/h2-4,9H,5H2,1H3,(H,13,14)(H,15,16). The van der Waals surface area contributed by atoms with Crippen molar-refractivity contribution in [3.05, 3.63) is 33.9 Å².